The second-order valence-corrected chi connectivity index (χ2v) is 6.70. The number of nitrogens with zero attached hydrogens (tertiary/aromatic N) is 1. The van der Waals surface area contributed by atoms with Gasteiger partial charge in [-0.15, -0.1) is 11.8 Å². The van der Waals surface area contributed by atoms with Gasteiger partial charge in [0.1, 0.15) is 5.82 Å². The molecule has 2 unspecified atom stereocenters. The molecule has 0 aliphatic carbocycles. The highest BCUT2D eigenvalue weighted by Crippen LogP contribution is 2.22. The second kappa shape index (κ2) is 8.85. The summed E-state index contributed by atoms with van der Waals surface area (Å²) in [5.41, 5.74) is 1.74. The lowest BCUT2D eigenvalue weighted by Gasteiger charge is -2.25. The number of aliphatic hydroxyl groups excluding tert-OH is 1. The van der Waals surface area contributed by atoms with E-state index in [2.05, 4.69) is 0 Å². The fraction of sp³-hybridized carbons (Fsp3) is 0.316. The monoisotopic (exact) mass is 347 g/mol. The number of amides is 1. The summed E-state index contributed by atoms with van der Waals surface area (Å²) in [5, 5.41) is 10.1. The molecule has 1 amide bonds. The molecule has 0 fully saturated rings. The van der Waals surface area contributed by atoms with E-state index in [9.17, 15) is 14.3 Å². The molecule has 0 radical (unpaired) electrons. The van der Waals surface area contributed by atoms with Crippen molar-refractivity contribution < 1.29 is 14.3 Å². The molecule has 0 heterocycles. The van der Waals surface area contributed by atoms with E-state index in [1.807, 2.05) is 37.3 Å². The molecular formula is C19H22FNO2S. The summed E-state index contributed by atoms with van der Waals surface area (Å²) in [4.78, 5) is 13.9. The molecule has 0 bridgehead atoms. The third-order valence-corrected chi connectivity index (χ3v) is 5.01. The first-order valence-corrected chi connectivity index (χ1v) is 8.96. The van der Waals surface area contributed by atoms with Gasteiger partial charge in [-0.25, -0.2) is 4.39 Å². The molecule has 24 heavy (non-hydrogen) atoms. The van der Waals surface area contributed by atoms with E-state index in [4.69, 9.17) is 0 Å². The van der Waals surface area contributed by atoms with Crippen LogP contribution in [0.4, 0.5) is 4.39 Å². The van der Waals surface area contributed by atoms with Crippen LogP contribution in [0.5, 0.6) is 0 Å². The molecule has 1 N–H and O–H groups in total. The first-order valence-electron chi connectivity index (χ1n) is 7.81. The Morgan fingerprint density at radius 3 is 2.38 bits per heavy atom. The van der Waals surface area contributed by atoms with Gasteiger partial charge in [0, 0.05) is 12.8 Å². The standard InChI is InChI=1S/C19H22FNO2S/c1-14(15-8-10-17(20)11-9-15)21(2)19(23)13-24-12-18(22)16-6-4-3-5-7-16/h3-11,14,18,22H,12-13H2,1-2H3. The van der Waals surface area contributed by atoms with Crippen molar-refractivity contribution in [3.05, 3.63) is 71.5 Å². The van der Waals surface area contributed by atoms with Gasteiger partial charge in [0.15, 0.2) is 0 Å². The normalized spacial score (nSPS) is 13.3. The second-order valence-electron chi connectivity index (χ2n) is 5.67. The van der Waals surface area contributed by atoms with Gasteiger partial charge in [-0.2, -0.15) is 0 Å². The maximum atomic E-state index is 13.0. The highest BCUT2D eigenvalue weighted by Gasteiger charge is 2.18. The Bertz CT molecular complexity index is 648. The van der Waals surface area contributed by atoms with Crippen LogP contribution in [0.15, 0.2) is 54.6 Å². The molecule has 0 saturated carbocycles. The maximum absolute atomic E-state index is 13.0. The third kappa shape index (κ3) is 5.08. The van der Waals surface area contributed by atoms with Crippen molar-refractivity contribution in [3.8, 4) is 0 Å². The minimum atomic E-state index is -0.580. The van der Waals surface area contributed by atoms with Crippen molar-refractivity contribution in [2.24, 2.45) is 0 Å². The van der Waals surface area contributed by atoms with Crippen LogP contribution in [0.1, 0.15) is 30.2 Å². The van der Waals surface area contributed by atoms with Gasteiger partial charge in [-0.3, -0.25) is 4.79 Å². The molecule has 2 aromatic rings. The highest BCUT2D eigenvalue weighted by atomic mass is 32.2. The molecule has 2 aromatic carbocycles. The van der Waals surface area contributed by atoms with E-state index in [-0.39, 0.29) is 17.8 Å². The number of thioether (sulfide) groups is 1. The smallest absolute Gasteiger partial charge is 0.232 e. The number of carbonyl (C=O) groups is 1. The number of aliphatic hydroxyl groups is 1. The van der Waals surface area contributed by atoms with E-state index >= 15 is 0 Å². The lowest BCUT2D eigenvalue weighted by Crippen LogP contribution is -2.31. The fourth-order valence-electron chi connectivity index (χ4n) is 2.31. The van der Waals surface area contributed by atoms with Crippen LogP contribution in [0.2, 0.25) is 0 Å². The van der Waals surface area contributed by atoms with E-state index < -0.39 is 6.10 Å². The number of benzene rings is 2. The molecule has 2 rings (SSSR count). The molecule has 0 saturated heterocycles. The summed E-state index contributed by atoms with van der Waals surface area (Å²) in [6.45, 7) is 1.91. The van der Waals surface area contributed by atoms with Gasteiger partial charge in [0.25, 0.3) is 0 Å². The maximum Gasteiger partial charge on any atom is 0.232 e. The van der Waals surface area contributed by atoms with Crippen LogP contribution in [-0.4, -0.2) is 34.5 Å². The zero-order chi connectivity index (χ0) is 17.5. The molecule has 3 nitrogen and oxygen atoms in total. The van der Waals surface area contributed by atoms with Gasteiger partial charge in [0.2, 0.25) is 5.91 Å². The molecule has 5 heteroatoms. The summed E-state index contributed by atoms with van der Waals surface area (Å²) in [6, 6.07) is 15.5. The van der Waals surface area contributed by atoms with Crippen molar-refractivity contribution in [1.82, 2.24) is 4.90 Å². The Morgan fingerprint density at radius 1 is 1.12 bits per heavy atom. The van der Waals surface area contributed by atoms with Crippen LogP contribution >= 0.6 is 11.8 Å². The first-order chi connectivity index (χ1) is 11.5. The number of rotatable bonds is 7. The molecule has 128 valence electrons. The average Bonchev–Trinajstić information content (AvgIpc) is 2.61. The van der Waals surface area contributed by atoms with E-state index in [1.54, 1.807) is 24.1 Å². The Labute approximate surface area is 146 Å². The van der Waals surface area contributed by atoms with Crippen molar-refractivity contribution >= 4 is 17.7 Å². The van der Waals surface area contributed by atoms with Gasteiger partial charge < -0.3 is 10.0 Å². The molecule has 0 aliphatic rings. The summed E-state index contributed by atoms with van der Waals surface area (Å²) >= 11 is 1.41. The van der Waals surface area contributed by atoms with Crippen LogP contribution in [-0.2, 0) is 4.79 Å². The van der Waals surface area contributed by atoms with Gasteiger partial charge >= 0.3 is 0 Å². The van der Waals surface area contributed by atoms with E-state index in [0.29, 0.717) is 11.5 Å². The summed E-state index contributed by atoms with van der Waals surface area (Å²) < 4.78 is 13.0. The molecule has 0 spiro atoms. The predicted octanol–water partition coefficient (Wildman–Crippen LogP) is 3.81. The zero-order valence-corrected chi connectivity index (χ0v) is 14.7. The lowest BCUT2D eigenvalue weighted by molar-refractivity contribution is -0.128. The molecule has 0 aromatic heterocycles. The Kier molecular flexibility index (Phi) is 6.82. The van der Waals surface area contributed by atoms with Crippen molar-refractivity contribution in [2.45, 2.75) is 19.1 Å². The number of halogens is 1. The lowest BCUT2D eigenvalue weighted by atomic mass is 10.1. The number of hydrogen-bond acceptors (Lipinski definition) is 3. The third-order valence-electron chi connectivity index (χ3n) is 4.01. The van der Waals surface area contributed by atoms with Crippen molar-refractivity contribution in [1.29, 1.82) is 0 Å². The highest BCUT2D eigenvalue weighted by molar-refractivity contribution is 7.99. The van der Waals surface area contributed by atoms with Gasteiger partial charge in [-0.1, -0.05) is 42.5 Å². The molecule has 2 atom stereocenters. The minimum Gasteiger partial charge on any atom is -0.388 e. The van der Waals surface area contributed by atoms with Crippen LogP contribution in [0.3, 0.4) is 0 Å². The SMILES string of the molecule is CC(c1ccc(F)cc1)N(C)C(=O)CSCC(O)c1ccccc1. The van der Waals surface area contributed by atoms with Crippen LogP contribution < -0.4 is 0 Å². The van der Waals surface area contributed by atoms with Crippen molar-refractivity contribution in [2.75, 3.05) is 18.6 Å². The molecule has 0 aliphatic heterocycles. The van der Waals surface area contributed by atoms with E-state index in [0.717, 1.165) is 11.1 Å². The van der Waals surface area contributed by atoms with Crippen LogP contribution in [0.25, 0.3) is 0 Å². The number of hydrogen-bond donors (Lipinski definition) is 1. The summed E-state index contributed by atoms with van der Waals surface area (Å²) in [5.74, 6) is 0.461. The van der Waals surface area contributed by atoms with Gasteiger partial charge in [0.05, 0.1) is 17.9 Å². The zero-order valence-electron chi connectivity index (χ0n) is 13.9. The average molecular weight is 347 g/mol. The fourth-order valence-corrected chi connectivity index (χ4v) is 3.22. The van der Waals surface area contributed by atoms with Gasteiger partial charge in [-0.05, 0) is 30.2 Å². The summed E-state index contributed by atoms with van der Waals surface area (Å²) in [7, 11) is 1.74. The largest absolute Gasteiger partial charge is 0.388 e. The Hall–Kier alpha value is -1.85. The Balaban J connectivity index is 1.82. The van der Waals surface area contributed by atoms with E-state index in [1.165, 1.54) is 23.9 Å². The summed E-state index contributed by atoms with van der Waals surface area (Å²) in [6.07, 6.45) is -0.580. The minimum absolute atomic E-state index is 0.0166. The first kappa shape index (κ1) is 18.5. The number of carbonyl (C=O) groups excluding carboxylic acids is 1. The van der Waals surface area contributed by atoms with Crippen LogP contribution in [0, 0.1) is 5.82 Å². The molecular weight excluding hydrogens is 325 g/mol. The predicted molar refractivity (Wildman–Crippen MR) is 96.3 cm³/mol. The van der Waals surface area contributed by atoms with Crippen molar-refractivity contribution in [3.63, 3.8) is 0 Å². The quantitative estimate of drug-likeness (QED) is 0.828. The topological polar surface area (TPSA) is 40.5 Å². The Morgan fingerprint density at radius 2 is 1.75 bits per heavy atom.